The highest BCUT2D eigenvalue weighted by molar-refractivity contribution is 5.95. The Hall–Kier alpha value is -1.74. The van der Waals surface area contributed by atoms with Gasteiger partial charge in [0, 0.05) is 18.8 Å². The molecule has 0 unspecified atom stereocenters. The smallest absolute Gasteiger partial charge is 0.320 e. The van der Waals surface area contributed by atoms with Gasteiger partial charge in [-0.05, 0) is 13.8 Å². The van der Waals surface area contributed by atoms with Gasteiger partial charge in [-0.3, -0.25) is 19.7 Å². The molecule has 1 rings (SSSR count). The summed E-state index contributed by atoms with van der Waals surface area (Å²) in [5.74, 6) is -5.41. The van der Waals surface area contributed by atoms with Crippen molar-refractivity contribution >= 4 is 11.9 Å². The van der Waals surface area contributed by atoms with Crippen LogP contribution in [0.3, 0.4) is 0 Å². The molecule has 0 radical (unpaired) electrons. The van der Waals surface area contributed by atoms with E-state index in [2.05, 4.69) is 9.47 Å². The van der Waals surface area contributed by atoms with Crippen molar-refractivity contribution in [3.63, 3.8) is 0 Å². The zero-order chi connectivity index (χ0) is 18.0. The van der Waals surface area contributed by atoms with Gasteiger partial charge in [-0.15, -0.1) is 0 Å². The van der Waals surface area contributed by atoms with Gasteiger partial charge in [0.25, 0.3) is 0 Å². The van der Waals surface area contributed by atoms with Crippen molar-refractivity contribution in [1.82, 2.24) is 0 Å². The van der Waals surface area contributed by atoms with Crippen molar-refractivity contribution in [3.05, 3.63) is 10.1 Å². The molecule has 2 atom stereocenters. The summed E-state index contributed by atoms with van der Waals surface area (Å²) >= 11 is 0. The quantitative estimate of drug-likeness (QED) is 0.303. The third-order valence-corrected chi connectivity index (χ3v) is 3.99. The summed E-state index contributed by atoms with van der Waals surface area (Å²) < 4.78 is 20.4. The third-order valence-electron chi connectivity index (χ3n) is 3.99. The van der Waals surface area contributed by atoms with Crippen LogP contribution in [0, 0.1) is 22.0 Å². The Kier molecular flexibility index (Phi) is 5.70. The molecular weight excluding hydrogens is 310 g/mol. The van der Waals surface area contributed by atoms with Crippen molar-refractivity contribution in [1.29, 1.82) is 0 Å². The first-order valence-electron chi connectivity index (χ1n) is 7.10. The molecule has 0 spiro atoms. The zero-order valence-corrected chi connectivity index (χ0v) is 14.2. The highest BCUT2D eigenvalue weighted by Gasteiger charge is 2.58. The minimum absolute atomic E-state index is 0.0133. The standard InChI is InChI=1S/C14H23NO8/c1-13(2,15(18)19)10(8-7-22-14(3,4)23-8)9(11(16)20-5)12(17)21-6/h8-10H,7H2,1-6H3/t8-,10-/m0/s1. The van der Waals surface area contributed by atoms with Crippen LogP contribution in [0.5, 0.6) is 0 Å². The first-order chi connectivity index (χ1) is 10.5. The van der Waals surface area contributed by atoms with E-state index < -0.39 is 46.1 Å². The number of hydrogen-bond donors (Lipinski definition) is 0. The van der Waals surface area contributed by atoms with Crippen LogP contribution < -0.4 is 0 Å². The summed E-state index contributed by atoms with van der Waals surface area (Å²) in [7, 11) is 2.20. The Bertz CT molecular complexity index is 471. The normalized spacial score (nSPS) is 21.8. The van der Waals surface area contributed by atoms with Gasteiger partial charge in [0.2, 0.25) is 5.54 Å². The lowest BCUT2D eigenvalue weighted by molar-refractivity contribution is -0.575. The van der Waals surface area contributed by atoms with Gasteiger partial charge in [-0.1, -0.05) is 0 Å². The summed E-state index contributed by atoms with van der Waals surface area (Å²) in [5, 5.41) is 11.5. The number of rotatable bonds is 6. The summed E-state index contributed by atoms with van der Waals surface area (Å²) in [6, 6.07) is 0. The number of carbonyl (C=O) groups excluding carboxylic acids is 2. The van der Waals surface area contributed by atoms with Crippen molar-refractivity contribution in [3.8, 4) is 0 Å². The van der Waals surface area contributed by atoms with Gasteiger partial charge in [-0.25, -0.2) is 0 Å². The highest BCUT2D eigenvalue weighted by atomic mass is 16.7. The molecule has 0 N–H and O–H groups in total. The number of methoxy groups -OCH3 is 2. The van der Waals surface area contributed by atoms with Gasteiger partial charge in [0.05, 0.1) is 32.8 Å². The molecular formula is C14H23NO8. The molecule has 1 aliphatic rings. The average Bonchev–Trinajstić information content (AvgIpc) is 2.82. The second-order valence-corrected chi connectivity index (χ2v) is 6.33. The van der Waals surface area contributed by atoms with Gasteiger partial charge < -0.3 is 18.9 Å². The molecule has 0 aromatic heterocycles. The maximum atomic E-state index is 12.1. The van der Waals surface area contributed by atoms with Crippen LogP contribution in [-0.4, -0.2) is 55.1 Å². The molecule has 1 fully saturated rings. The zero-order valence-electron chi connectivity index (χ0n) is 14.2. The van der Waals surface area contributed by atoms with Crippen molar-refractivity contribution in [2.45, 2.75) is 45.1 Å². The van der Waals surface area contributed by atoms with Crippen LogP contribution in [0.15, 0.2) is 0 Å². The second kappa shape index (κ2) is 6.79. The first-order valence-corrected chi connectivity index (χ1v) is 7.10. The fraction of sp³-hybridized carbons (Fsp3) is 0.857. The predicted octanol–water partition coefficient (Wildman–Crippen LogP) is 0.772. The Morgan fingerprint density at radius 2 is 1.74 bits per heavy atom. The van der Waals surface area contributed by atoms with E-state index in [4.69, 9.17) is 9.47 Å². The topological polar surface area (TPSA) is 114 Å². The molecule has 9 nitrogen and oxygen atoms in total. The molecule has 0 aromatic rings. The highest BCUT2D eigenvalue weighted by Crippen LogP contribution is 2.39. The van der Waals surface area contributed by atoms with Crippen LogP contribution in [-0.2, 0) is 28.5 Å². The van der Waals surface area contributed by atoms with Gasteiger partial charge in [-0.2, -0.15) is 0 Å². The van der Waals surface area contributed by atoms with E-state index in [0.29, 0.717) is 0 Å². The molecule has 0 amide bonds. The number of nitrogens with zero attached hydrogens (tertiary/aromatic N) is 1. The van der Waals surface area contributed by atoms with Crippen molar-refractivity contribution in [2.24, 2.45) is 11.8 Å². The number of ether oxygens (including phenoxy) is 4. The summed E-state index contributed by atoms with van der Waals surface area (Å²) in [6.45, 7) is 5.96. The fourth-order valence-corrected chi connectivity index (χ4v) is 2.73. The lowest BCUT2D eigenvalue weighted by Gasteiger charge is -2.34. The van der Waals surface area contributed by atoms with Crippen LogP contribution in [0.4, 0.5) is 0 Å². The van der Waals surface area contributed by atoms with Crippen LogP contribution in [0.25, 0.3) is 0 Å². The maximum absolute atomic E-state index is 12.1. The van der Waals surface area contributed by atoms with E-state index >= 15 is 0 Å². The molecule has 0 aliphatic carbocycles. The minimum Gasteiger partial charge on any atom is -0.468 e. The van der Waals surface area contributed by atoms with Gasteiger partial charge in [0.15, 0.2) is 11.7 Å². The number of carbonyl (C=O) groups is 2. The third kappa shape index (κ3) is 3.97. The monoisotopic (exact) mass is 333 g/mol. The predicted molar refractivity (Wildman–Crippen MR) is 77.0 cm³/mol. The Morgan fingerprint density at radius 3 is 2.04 bits per heavy atom. The number of nitro groups is 1. The SMILES string of the molecule is COC(=O)C(C(=O)OC)[C@H]([C@@H]1COC(C)(C)O1)C(C)(C)[N+](=O)[O-]. The van der Waals surface area contributed by atoms with E-state index in [0.717, 1.165) is 14.2 Å². The molecule has 1 heterocycles. The molecule has 23 heavy (non-hydrogen) atoms. The summed E-state index contributed by atoms with van der Waals surface area (Å²) in [4.78, 5) is 35.2. The Labute approximate surface area is 134 Å². The average molecular weight is 333 g/mol. The minimum atomic E-state index is -1.65. The molecule has 0 saturated carbocycles. The Morgan fingerprint density at radius 1 is 1.26 bits per heavy atom. The Balaban J connectivity index is 3.34. The van der Waals surface area contributed by atoms with E-state index in [-0.39, 0.29) is 6.61 Å². The fourth-order valence-electron chi connectivity index (χ4n) is 2.73. The van der Waals surface area contributed by atoms with Crippen molar-refractivity contribution in [2.75, 3.05) is 20.8 Å². The molecule has 1 saturated heterocycles. The molecule has 9 heteroatoms. The van der Waals surface area contributed by atoms with E-state index in [9.17, 15) is 19.7 Å². The summed E-state index contributed by atoms with van der Waals surface area (Å²) in [5.41, 5.74) is -1.65. The molecule has 0 aromatic carbocycles. The van der Waals surface area contributed by atoms with Crippen molar-refractivity contribution < 1.29 is 33.5 Å². The number of hydrogen-bond acceptors (Lipinski definition) is 8. The summed E-state index contributed by atoms with van der Waals surface area (Å²) in [6.07, 6.45) is -0.839. The molecule has 1 aliphatic heterocycles. The first kappa shape index (κ1) is 19.3. The lowest BCUT2D eigenvalue weighted by Crippen LogP contribution is -2.54. The van der Waals surface area contributed by atoms with Crippen LogP contribution in [0.1, 0.15) is 27.7 Å². The van der Waals surface area contributed by atoms with Crippen LogP contribution in [0.2, 0.25) is 0 Å². The van der Waals surface area contributed by atoms with Gasteiger partial charge >= 0.3 is 11.9 Å². The van der Waals surface area contributed by atoms with E-state index in [1.54, 1.807) is 13.8 Å². The van der Waals surface area contributed by atoms with E-state index in [1.165, 1.54) is 13.8 Å². The molecule has 0 bridgehead atoms. The van der Waals surface area contributed by atoms with E-state index in [1.807, 2.05) is 0 Å². The van der Waals surface area contributed by atoms with Gasteiger partial charge in [0.1, 0.15) is 0 Å². The number of esters is 2. The lowest BCUT2D eigenvalue weighted by atomic mass is 9.74. The largest absolute Gasteiger partial charge is 0.468 e. The van der Waals surface area contributed by atoms with Crippen LogP contribution >= 0.6 is 0 Å². The second-order valence-electron chi connectivity index (χ2n) is 6.33. The maximum Gasteiger partial charge on any atom is 0.320 e. The molecule has 132 valence electrons.